The van der Waals surface area contributed by atoms with E-state index in [1.807, 2.05) is 17.5 Å². The van der Waals surface area contributed by atoms with Crippen LogP contribution in [0.15, 0.2) is 46.7 Å². The van der Waals surface area contributed by atoms with E-state index in [-0.39, 0.29) is 11.1 Å². The SMILES string of the molecule is Cc1nc2ccccn2c(=O)c1C(=O)NCc1cccs1. The number of carbonyl (C=O) groups is 1. The zero-order chi connectivity index (χ0) is 14.8. The van der Waals surface area contributed by atoms with Gasteiger partial charge < -0.3 is 5.32 Å². The minimum Gasteiger partial charge on any atom is -0.347 e. The van der Waals surface area contributed by atoms with Crippen molar-refractivity contribution in [1.82, 2.24) is 14.7 Å². The summed E-state index contributed by atoms with van der Waals surface area (Å²) in [5.74, 6) is -0.392. The van der Waals surface area contributed by atoms with Gasteiger partial charge in [0, 0.05) is 11.1 Å². The van der Waals surface area contributed by atoms with Crippen molar-refractivity contribution in [1.29, 1.82) is 0 Å². The van der Waals surface area contributed by atoms with E-state index in [2.05, 4.69) is 10.3 Å². The molecule has 0 spiro atoms. The van der Waals surface area contributed by atoms with E-state index in [0.717, 1.165) is 4.88 Å². The second kappa shape index (κ2) is 5.49. The largest absolute Gasteiger partial charge is 0.347 e. The standard InChI is InChI=1S/C15H13N3O2S/c1-10-13(14(19)16-9-11-5-4-8-21-11)15(20)18-7-3-2-6-12(18)17-10/h2-8H,9H2,1H3,(H,16,19). The van der Waals surface area contributed by atoms with E-state index in [1.165, 1.54) is 4.40 Å². The van der Waals surface area contributed by atoms with Gasteiger partial charge in [0.05, 0.1) is 12.2 Å². The van der Waals surface area contributed by atoms with Crippen molar-refractivity contribution in [3.05, 3.63) is 68.4 Å². The van der Waals surface area contributed by atoms with Crippen molar-refractivity contribution in [2.24, 2.45) is 0 Å². The number of nitrogens with one attached hydrogen (secondary N) is 1. The zero-order valence-corrected chi connectivity index (χ0v) is 12.2. The normalized spacial score (nSPS) is 10.7. The van der Waals surface area contributed by atoms with Crippen LogP contribution in [-0.4, -0.2) is 15.3 Å². The summed E-state index contributed by atoms with van der Waals surface area (Å²) in [5, 5.41) is 4.71. The van der Waals surface area contributed by atoms with Crippen LogP contribution >= 0.6 is 11.3 Å². The lowest BCUT2D eigenvalue weighted by atomic mass is 10.2. The first kappa shape index (κ1) is 13.5. The highest BCUT2D eigenvalue weighted by molar-refractivity contribution is 7.09. The lowest BCUT2D eigenvalue weighted by molar-refractivity contribution is 0.0948. The Morgan fingerprint density at radius 3 is 2.95 bits per heavy atom. The van der Waals surface area contributed by atoms with Crippen LogP contribution in [0.1, 0.15) is 20.9 Å². The molecular formula is C15H13N3O2S. The second-order valence-electron chi connectivity index (χ2n) is 4.57. The number of fused-ring (bicyclic) bond motifs is 1. The maximum absolute atomic E-state index is 12.4. The number of pyridine rings is 1. The monoisotopic (exact) mass is 299 g/mol. The molecule has 3 rings (SSSR count). The lowest BCUT2D eigenvalue weighted by Crippen LogP contribution is -2.32. The van der Waals surface area contributed by atoms with Crippen molar-refractivity contribution in [3.63, 3.8) is 0 Å². The highest BCUT2D eigenvalue weighted by Crippen LogP contribution is 2.08. The maximum Gasteiger partial charge on any atom is 0.270 e. The predicted octanol–water partition coefficient (Wildman–Crippen LogP) is 1.99. The van der Waals surface area contributed by atoms with Gasteiger partial charge in [-0.2, -0.15) is 0 Å². The Kier molecular flexibility index (Phi) is 3.53. The molecule has 106 valence electrons. The van der Waals surface area contributed by atoms with Gasteiger partial charge in [-0.05, 0) is 30.5 Å². The molecule has 6 heteroatoms. The fraction of sp³-hybridized carbons (Fsp3) is 0.133. The van der Waals surface area contributed by atoms with Gasteiger partial charge in [-0.25, -0.2) is 4.98 Å². The highest BCUT2D eigenvalue weighted by atomic mass is 32.1. The Labute approximate surface area is 124 Å². The number of nitrogens with zero attached hydrogens (tertiary/aromatic N) is 2. The summed E-state index contributed by atoms with van der Waals surface area (Å²) in [6.45, 7) is 2.08. The molecule has 0 unspecified atom stereocenters. The van der Waals surface area contributed by atoms with Gasteiger partial charge >= 0.3 is 0 Å². The molecule has 1 N–H and O–H groups in total. The number of carbonyl (C=O) groups excluding carboxylic acids is 1. The Morgan fingerprint density at radius 2 is 2.19 bits per heavy atom. The summed E-state index contributed by atoms with van der Waals surface area (Å²) < 4.78 is 1.38. The Bertz CT molecular complexity index is 853. The van der Waals surface area contributed by atoms with Gasteiger partial charge in [-0.1, -0.05) is 12.1 Å². The zero-order valence-electron chi connectivity index (χ0n) is 11.4. The summed E-state index contributed by atoms with van der Waals surface area (Å²) in [7, 11) is 0. The van der Waals surface area contributed by atoms with E-state index < -0.39 is 5.91 Å². The Balaban J connectivity index is 1.96. The van der Waals surface area contributed by atoms with Crippen LogP contribution in [0.2, 0.25) is 0 Å². The summed E-state index contributed by atoms with van der Waals surface area (Å²) in [6.07, 6.45) is 1.61. The van der Waals surface area contributed by atoms with E-state index in [4.69, 9.17) is 0 Å². The molecule has 0 saturated carbocycles. The van der Waals surface area contributed by atoms with Gasteiger partial charge in [0.1, 0.15) is 11.2 Å². The number of hydrogen-bond acceptors (Lipinski definition) is 4. The second-order valence-corrected chi connectivity index (χ2v) is 5.60. The van der Waals surface area contributed by atoms with Crippen molar-refractivity contribution in [2.75, 3.05) is 0 Å². The molecule has 0 aliphatic heterocycles. The average Bonchev–Trinajstić information content (AvgIpc) is 2.98. The van der Waals surface area contributed by atoms with Crippen LogP contribution in [0.4, 0.5) is 0 Å². The summed E-state index contributed by atoms with van der Waals surface area (Å²) in [5.41, 5.74) is 0.724. The molecule has 0 bridgehead atoms. The molecule has 21 heavy (non-hydrogen) atoms. The molecule has 0 radical (unpaired) electrons. The number of aromatic nitrogens is 2. The average molecular weight is 299 g/mol. The van der Waals surface area contributed by atoms with Gasteiger partial charge in [0.15, 0.2) is 0 Å². The molecule has 0 fully saturated rings. The van der Waals surface area contributed by atoms with Gasteiger partial charge in [-0.15, -0.1) is 11.3 Å². The fourth-order valence-electron chi connectivity index (χ4n) is 2.13. The summed E-state index contributed by atoms with van der Waals surface area (Å²) >= 11 is 1.56. The number of hydrogen-bond donors (Lipinski definition) is 1. The van der Waals surface area contributed by atoms with Crippen LogP contribution < -0.4 is 10.9 Å². The molecule has 1 amide bonds. The molecule has 5 nitrogen and oxygen atoms in total. The first-order valence-electron chi connectivity index (χ1n) is 6.45. The first-order chi connectivity index (χ1) is 10.2. The van der Waals surface area contributed by atoms with Crippen LogP contribution in [0.5, 0.6) is 0 Å². The van der Waals surface area contributed by atoms with E-state index >= 15 is 0 Å². The fourth-order valence-corrected chi connectivity index (χ4v) is 2.77. The molecule has 3 aromatic heterocycles. The van der Waals surface area contributed by atoms with Crippen molar-refractivity contribution < 1.29 is 4.79 Å². The number of thiophene rings is 1. The van der Waals surface area contributed by atoms with Gasteiger partial charge in [0.25, 0.3) is 11.5 Å². The maximum atomic E-state index is 12.4. The Hall–Kier alpha value is -2.47. The third kappa shape index (κ3) is 2.57. The number of aryl methyl sites for hydroxylation is 1. The van der Waals surface area contributed by atoms with Crippen LogP contribution in [0.25, 0.3) is 5.65 Å². The van der Waals surface area contributed by atoms with E-state index in [0.29, 0.717) is 17.9 Å². The third-order valence-electron chi connectivity index (χ3n) is 3.15. The molecule has 0 aromatic carbocycles. The molecule has 0 saturated heterocycles. The van der Waals surface area contributed by atoms with Gasteiger partial charge in [-0.3, -0.25) is 14.0 Å². The van der Waals surface area contributed by atoms with Crippen LogP contribution in [0, 0.1) is 6.92 Å². The quantitative estimate of drug-likeness (QED) is 0.804. The molecule has 0 aliphatic rings. The molecule has 0 atom stereocenters. The molecule has 3 aromatic rings. The third-order valence-corrected chi connectivity index (χ3v) is 4.02. The van der Waals surface area contributed by atoms with Gasteiger partial charge in [0.2, 0.25) is 0 Å². The molecular weight excluding hydrogens is 286 g/mol. The lowest BCUT2D eigenvalue weighted by Gasteiger charge is -2.08. The summed E-state index contributed by atoms with van der Waals surface area (Å²) in [4.78, 5) is 30.0. The first-order valence-corrected chi connectivity index (χ1v) is 7.33. The minimum absolute atomic E-state index is 0.0928. The molecule has 3 heterocycles. The Morgan fingerprint density at radius 1 is 1.33 bits per heavy atom. The molecule has 0 aliphatic carbocycles. The minimum atomic E-state index is -0.392. The van der Waals surface area contributed by atoms with E-state index in [9.17, 15) is 9.59 Å². The van der Waals surface area contributed by atoms with Crippen LogP contribution in [-0.2, 0) is 6.54 Å². The smallest absolute Gasteiger partial charge is 0.270 e. The van der Waals surface area contributed by atoms with Crippen molar-refractivity contribution in [3.8, 4) is 0 Å². The topological polar surface area (TPSA) is 63.5 Å². The predicted molar refractivity (Wildman–Crippen MR) is 81.7 cm³/mol. The van der Waals surface area contributed by atoms with Crippen molar-refractivity contribution in [2.45, 2.75) is 13.5 Å². The number of rotatable bonds is 3. The highest BCUT2D eigenvalue weighted by Gasteiger charge is 2.17. The van der Waals surface area contributed by atoms with Crippen molar-refractivity contribution >= 4 is 22.9 Å². The number of amides is 1. The summed E-state index contributed by atoms with van der Waals surface area (Å²) in [6, 6.07) is 9.13. The van der Waals surface area contributed by atoms with Crippen LogP contribution in [0.3, 0.4) is 0 Å². The van der Waals surface area contributed by atoms with E-state index in [1.54, 1.807) is 42.7 Å².